The molecule has 0 radical (unpaired) electrons. The van der Waals surface area contributed by atoms with Gasteiger partial charge in [0.25, 0.3) is 5.56 Å². The number of nitrogens with zero attached hydrogens (tertiary/aromatic N) is 2. The predicted molar refractivity (Wildman–Crippen MR) is 82.6 cm³/mol. The van der Waals surface area contributed by atoms with Crippen LogP contribution in [0.2, 0.25) is 5.02 Å². The minimum Gasteiger partial charge on any atom is -0.366 e. The van der Waals surface area contributed by atoms with Gasteiger partial charge >= 0.3 is 0 Å². The molecule has 0 aliphatic rings. The zero-order valence-electron chi connectivity index (χ0n) is 10.5. The van der Waals surface area contributed by atoms with E-state index in [2.05, 4.69) is 9.97 Å². The molecule has 0 saturated heterocycles. The molecule has 5 nitrogen and oxygen atoms in total. The Morgan fingerprint density at radius 2 is 2.05 bits per heavy atom. The van der Waals surface area contributed by atoms with Crippen LogP contribution >= 0.6 is 22.9 Å². The van der Waals surface area contributed by atoms with Crippen molar-refractivity contribution >= 4 is 38.9 Å². The fourth-order valence-electron chi connectivity index (χ4n) is 1.85. The Balaban J connectivity index is 2.23. The van der Waals surface area contributed by atoms with Crippen molar-refractivity contribution in [2.75, 3.05) is 0 Å². The third kappa shape index (κ3) is 2.63. The van der Waals surface area contributed by atoms with Crippen LogP contribution in [0.5, 0.6) is 0 Å². The van der Waals surface area contributed by atoms with Gasteiger partial charge in [0.1, 0.15) is 5.01 Å². The number of aromatic nitrogens is 2. The average molecular weight is 318 g/mol. The van der Waals surface area contributed by atoms with Crippen LogP contribution in [0, 0.1) is 0 Å². The first-order chi connectivity index (χ1) is 10.0. The highest BCUT2D eigenvalue weighted by Gasteiger charge is 2.10. The number of benzene rings is 1. The van der Waals surface area contributed by atoms with E-state index in [4.69, 9.17) is 17.3 Å². The average Bonchev–Trinajstić information content (AvgIpc) is 2.46. The van der Waals surface area contributed by atoms with Gasteiger partial charge in [-0.3, -0.25) is 14.6 Å². The molecule has 3 aromatic rings. The third-order valence-corrected chi connectivity index (χ3v) is 4.13. The van der Waals surface area contributed by atoms with Crippen LogP contribution < -0.4 is 11.3 Å². The van der Waals surface area contributed by atoms with E-state index in [9.17, 15) is 9.59 Å². The number of fused-ring (bicyclic) bond motifs is 1. The summed E-state index contributed by atoms with van der Waals surface area (Å²) in [6.45, 7) is 0. The van der Waals surface area contributed by atoms with E-state index in [1.54, 1.807) is 18.2 Å². The topological polar surface area (TPSA) is 85.9 Å². The van der Waals surface area contributed by atoms with E-state index in [1.807, 2.05) is 0 Å². The summed E-state index contributed by atoms with van der Waals surface area (Å²) in [5, 5.41) is 1.45. The lowest BCUT2D eigenvalue weighted by Gasteiger charge is -2.02. The molecule has 2 aromatic heterocycles. The Labute approximate surface area is 128 Å². The highest BCUT2D eigenvalue weighted by molar-refractivity contribution is 7.21. The highest BCUT2D eigenvalue weighted by Crippen LogP contribution is 2.27. The molecule has 0 aliphatic heterocycles. The van der Waals surface area contributed by atoms with Gasteiger partial charge in [0.05, 0.1) is 11.1 Å². The summed E-state index contributed by atoms with van der Waals surface area (Å²) in [5.41, 5.74) is 5.62. The highest BCUT2D eigenvalue weighted by atomic mass is 35.5. The number of hydrogen-bond donors (Lipinski definition) is 1. The number of rotatable bonds is 2. The van der Waals surface area contributed by atoms with Gasteiger partial charge in [0, 0.05) is 21.5 Å². The second-order valence-corrected chi connectivity index (χ2v) is 5.73. The lowest BCUT2D eigenvalue weighted by molar-refractivity contribution is 0.1000. The maximum absolute atomic E-state index is 12.0. The lowest BCUT2D eigenvalue weighted by Crippen LogP contribution is -2.11. The maximum atomic E-state index is 12.0. The molecule has 0 unspecified atom stereocenters. The standard InChI is InChI=1S/C14H8ClN3O2S/c15-8-1-2-9-11(6-8)21-14(18-13(9)20)10-5-7(12(16)19)3-4-17-10/h1-6H,(H2,16,19). The molecular formula is C14H8ClN3O2S. The van der Waals surface area contributed by atoms with Crippen LogP contribution in [0.1, 0.15) is 10.4 Å². The molecular weight excluding hydrogens is 310 g/mol. The summed E-state index contributed by atoms with van der Waals surface area (Å²) in [4.78, 5) is 31.4. The Morgan fingerprint density at radius 1 is 1.24 bits per heavy atom. The molecule has 21 heavy (non-hydrogen) atoms. The summed E-state index contributed by atoms with van der Waals surface area (Å²) in [6.07, 6.45) is 1.45. The summed E-state index contributed by atoms with van der Waals surface area (Å²) < 4.78 is 0.712. The van der Waals surface area contributed by atoms with Gasteiger partial charge < -0.3 is 5.73 Å². The molecule has 2 N–H and O–H groups in total. The van der Waals surface area contributed by atoms with Gasteiger partial charge in [-0.25, -0.2) is 0 Å². The van der Waals surface area contributed by atoms with Gasteiger partial charge in [-0.05, 0) is 30.3 Å². The number of hydrogen-bond acceptors (Lipinski definition) is 5. The second kappa shape index (κ2) is 5.23. The predicted octanol–water partition coefficient (Wildman–Crippen LogP) is 2.47. The van der Waals surface area contributed by atoms with E-state index in [0.29, 0.717) is 31.4 Å². The van der Waals surface area contributed by atoms with E-state index < -0.39 is 5.91 Å². The number of halogens is 1. The van der Waals surface area contributed by atoms with Crippen molar-refractivity contribution < 1.29 is 4.79 Å². The lowest BCUT2D eigenvalue weighted by atomic mass is 10.2. The molecule has 0 atom stereocenters. The first kappa shape index (κ1) is 13.7. The first-order valence-electron chi connectivity index (χ1n) is 5.91. The third-order valence-electron chi connectivity index (χ3n) is 2.85. The van der Waals surface area contributed by atoms with Gasteiger partial charge in [-0.1, -0.05) is 11.6 Å². The Bertz CT molecular complexity index is 923. The number of carbonyl (C=O) groups is 1. The van der Waals surface area contributed by atoms with Gasteiger partial charge in [0.2, 0.25) is 5.91 Å². The molecule has 3 rings (SSSR count). The molecule has 7 heteroatoms. The Kier molecular flexibility index (Phi) is 3.40. The minimum absolute atomic E-state index is 0.313. The first-order valence-corrected chi connectivity index (χ1v) is 7.11. The van der Waals surface area contributed by atoms with Crippen LogP contribution in [0.4, 0.5) is 0 Å². The molecule has 0 bridgehead atoms. The number of carbonyl (C=O) groups excluding carboxylic acids is 1. The number of primary amides is 1. The second-order valence-electron chi connectivity index (χ2n) is 4.26. The van der Waals surface area contributed by atoms with Crippen LogP contribution in [0.15, 0.2) is 41.3 Å². The van der Waals surface area contributed by atoms with Gasteiger partial charge in [-0.2, -0.15) is 4.98 Å². The van der Waals surface area contributed by atoms with Crippen molar-refractivity contribution in [3.05, 3.63) is 57.5 Å². The Morgan fingerprint density at radius 3 is 2.81 bits per heavy atom. The van der Waals surface area contributed by atoms with Crippen LogP contribution in [0.3, 0.4) is 0 Å². The summed E-state index contributed by atoms with van der Waals surface area (Å²) in [6, 6.07) is 8.00. The molecule has 0 saturated carbocycles. The Hall–Kier alpha value is -2.31. The minimum atomic E-state index is -0.560. The van der Waals surface area contributed by atoms with Crippen LogP contribution in [0.25, 0.3) is 20.8 Å². The molecule has 1 aromatic carbocycles. The van der Waals surface area contributed by atoms with Crippen LogP contribution in [-0.4, -0.2) is 15.9 Å². The van der Waals surface area contributed by atoms with Crippen LogP contribution in [-0.2, 0) is 0 Å². The zero-order chi connectivity index (χ0) is 15.0. The summed E-state index contributed by atoms with van der Waals surface area (Å²) in [5.74, 6) is -0.560. The van der Waals surface area contributed by atoms with Crippen molar-refractivity contribution in [3.63, 3.8) is 0 Å². The summed E-state index contributed by atoms with van der Waals surface area (Å²) >= 11 is 7.22. The monoisotopic (exact) mass is 317 g/mol. The molecule has 2 heterocycles. The fourth-order valence-corrected chi connectivity index (χ4v) is 3.09. The normalized spacial score (nSPS) is 10.7. The van der Waals surface area contributed by atoms with Crippen molar-refractivity contribution in [3.8, 4) is 10.7 Å². The van der Waals surface area contributed by atoms with Crippen molar-refractivity contribution in [2.45, 2.75) is 0 Å². The molecule has 0 spiro atoms. The van der Waals surface area contributed by atoms with Crippen molar-refractivity contribution in [2.24, 2.45) is 5.73 Å². The molecule has 0 aliphatic carbocycles. The molecule has 0 fully saturated rings. The number of nitrogens with two attached hydrogens (primary N) is 1. The fraction of sp³-hybridized carbons (Fsp3) is 0. The van der Waals surface area contributed by atoms with E-state index in [1.165, 1.54) is 29.7 Å². The largest absolute Gasteiger partial charge is 0.366 e. The van der Waals surface area contributed by atoms with Gasteiger partial charge in [0.15, 0.2) is 0 Å². The van der Waals surface area contributed by atoms with Crippen molar-refractivity contribution in [1.29, 1.82) is 0 Å². The SMILES string of the molecule is NC(=O)c1ccnc(-c2nc(=O)c3ccc(Cl)cc3s2)c1. The quantitative estimate of drug-likeness (QED) is 0.786. The molecule has 104 valence electrons. The summed E-state index contributed by atoms with van der Waals surface area (Å²) in [7, 11) is 0. The van der Waals surface area contributed by atoms with E-state index >= 15 is 0 Å². The van der Waals surface area contributed by atoms with Crippen molar-refractivity contribution in [1.82, 2.24) is 9.97 Å². The van der Waals surface area contributed by atoms with Gasteiger partial charge in [-0.15, -0.1) is 11.3 Å². The van der Waals surface area contributed by atoms with E-state index in [-0.39, 0.29) is 5.56 Å². The maximum Gasteiger partial charge on any atom is 0.279 e. The van der Waals surface area contributed by atoms with E-state index in [0.717, 1.165) is 0 Å². The number of amides is 1. The zero-order valence-corrected chi connectivity index (χ0v) is 12.1. The smallest absolute Gasteiger partial charge is 0.279 e. The molecule has 1 amide bonds. The number of pyridine rings is 1.